The highest BCUT2D eigenvalue weighted by atomic mass is 14.8. The van der Waals surface area contributed by atoms with Gasteiger partial charge in [0.1, 0.15) is 0 Å². The average molecular weight is 242 g/mol. The fourth-order valence-electron chi connectivity index (χ4n) is 2.41. The van der Waals surface area contributed by atoms with E-state index in [9.17, 15) is 0 Å². The Morgan fingerprint density at radius 1 is 1.00 bits per heavy atom. The minimum atomic E-state index is 0.576. The second-order valence-electron chi connectivity index (χ2n) is 4.91. The number of benzene rings is 1. The summed E-state index contributed by atoms with van der Waals surface area (Å²) in [6.07, 6.45) is 8.16. The summed E-state index contributed by atoms with van der Waals surface area (Å²) in [5.41, 5.74) is 3.18. The van der Waals surface area contributed by atoms with Gasteiger partial charge in [-0.05, 0) is 25.0 Å². The average Bonchev–Trinajstić information content (AvgIpc) is 2.43. The van der Waals surface area contributed by atoms with Crippen LogP contribution in [0.5, 0.6) is 0 Å². The molecule has 1 aromatic carbocycles. The summed E-state index contributed by atoms with van der Waals surface area (Å²) in [6.45, 7) is 4.49. The lowest BCUT2D eigenvalue weighted by Crippen LogP contribution is -2.03. The Kier molecular flexibility index (Phi) is 4.68. The van der Waals surface area contributed by atoms with E-state index in [4.69, 9.17) is 4.98 Å². The van der Waals surface area contributed by atoms with Crippen LogP contribution in [0.15, 0.2) is 30.5 Å². The molecular weight excluding hydrogens is 220 g/mol. The van der Waals surface area contributed by atoms with E-state index in [0.717, 1.165) is 11.0 Å². The Morgan fingerprint density at radius 3 is 2.50 bits per heavy atom. The van der Waals surface area contributed by atoms with E-state index in [1.807, 2.05) is 24.4 Å². The molecule has 0 aliphatic heterocycles. The van der Waals surface area contributed by atoms with Gasteiger partial charge in [0.05, 0.1) is 16.7 Å². The molecule has 0 fully saturated rings. The summed E-state index contributed by atoms with van der Waals surface area (Å²) in [5.74, 6) is 0.576. The number of rotatable bonds is 6. The first-order valence-corrected chi connectivity index (χ1v) is 7.06. The van der Waals surface area contributed by atoms with E-state index < -0.39 is 0 Å². The molecule has 0 aliphatic rings. The maximum atomic E-state index is 4.78. The zero-order chi connectivity index (χ0) is 12.8. The molecule has 2 heteroatoms. The van der Waals surface area contributed by atoms with Crippen molar-refractivity contribution >= 4 is 11.0 Å². The Bertz CT molecular complexity index is 493. The maximum absolute atomic E-state index is 4.78. The minimum absolute atomic E-state index is 0.576. The molecule has 2 rings (SSSR count). The van der Waals surface area contributed by atoms with E-state index in [1.54, 1.807) is 0 Å². The molecule has 2 aromatic rings. The number of hydrogen-bond acceptors (Lipinski definition) is 2. The van der Waals surface area contributed by atoms with Crippen molar-refractivity contribution in [3.8, 4) is 0 Å². The van der Waals surface area contributed by atoms with Gasteiger partial charge in [-0.15, -0.1) is 0 Å². The van der Waals surface area contributed by atoms with Crippen LogP contribution in [-0.2, 0) is 0 Å². The van der Waals surface area contributed by atoms with Crippen LogP contribution in [0.1, 0.15) is 57.6 Å². The van der Waals surface area contributed by atoms with E-state index in [2.05, 4.69) is 24.9 Å². The van der Waals surface area contributed by atoms with Crippen molar-refractivity contribution in [3.05, 3.63) is 36.2 Å². The Labute approximate surface area is 109 Å². The summed E-state index contributed by atoms with van der Waals surface area (Å²) in [5, 5.41) is 0. The van der Waals surface area contributed by atoms with Gasteiger partial charge in [0.15, 0.2) is 0 Å². The zero-order valence-corrected chi connectivity index (χ0v) is 11.4. The third-order valence-corrected chi connectivity index (χ3v) is 3.43. The molecule has 0 amide bonds. The van der Waals surface area contributed by atoms with Crippen molar-refractivity contribution in [1.82, 2.24) is 9.97 Å². The first kappa shape index (κ1) is 13.0. The van der Waals surface area contributed by atoms with Gasteiger partial charge in [-0.1, -0.05) is 45.2 Å². The molecule has 0 saturated carbocycles. The smallest absolute Gasteiger partial charge is 0.0890 e. The molecule has 2 nitrogen and oxygen atoms in total. The standard InChI is InChI=1S/C16H22N2/c1-3-5-9-13(8-4-2)16-12-17-14-10-6-7-11-15(14)18-16/h6-7,10-13H,3-5,8-9H2,1-2H3. The normalized spacial score (nSPS) is 12.8. The molecule has 0 radical (unpaired) electrons. The van der Waals surface area contributed by atoms with Crippen LogP contribution in [0.3, 0.4) is 0 Å². The van der Waals surface area contributed by atoms with Gasteiger partial charge < -0.3 is 0 Å². The Morgan fingerprint density at radius 2 is 1.78 bits per heavy atom. The maximum Gasteiger partial charge on any atom is 0.0890 e. The molecule has 0 spiro atoms. The summed E-state index contributed by atoms with van der Waals surface area (Å²) in [4.78, 5) is 9.31. The molecular formula is C16H22N2. The predicted octanol–water partition coefficient (Wildman–Crippen LogP) is 4.70. The topological polar surface area (TPSA) is 25.8 Å². The zero-order valence-electron chi connectivity index (χ0n) is 11.4. The van der Waals surface area contributed by atoms with Crippen LogP contribution in [0.25, 0.3) is 11.0 Å². The van der Waals surface area contributed by atoms with Crippen LogP contribution in [0.4, 0.5) is 0 Å². The van der Waals surface area contributed by atoms with E-state index in [0.29, 0.717) is 5.92 Å². The van der Waals surface area contributed by atoms with Crippen molar-refractivity contribution in [2.45, 2.75) is 51.9 Å². The molecule has 1 atom stereocenters. The van der Waals surface area contributed by atoms with Crippen molar-refractivity contribution < 1.29 is 0 Å². The summed E-state index contributed by atoms with van der Waals surface area (Å²) < 4.78 is 0. The number of hydrogen-bond donors (Lipinski definition) is 0. The van der Waals surface area contributed by atoms with E-state index in [1.165, 1.54) is 37.8 Å². The van der Waals surface area contributed by atoms with Gasteiger partial charge in [0.2, 0.25) is 0 Å². The van der Waals surface area contributed by atoms with Gasteiger partial charge in [-0.25, -0.2) is 4.98 Å². The molecule has 18 heavy (non-hydrogen) atoms. The fourth-order valence-corrected chi connectivity index (χ4v) is 2.41. The lowest BCUT2D eigenvalue weighted by atomic mass is 9.94. The highest BCUT2D eigenvalue weighted by Gasteiger charge is 2.12. The summed E-state index contributed by atoms with van der Waals surface area (Å²) >= 11 is 0. The SMILES string of the molecule is CCCCC(CCC)c1cnc2ccccc2n1. The third kappa shape index (κ3) is 3.06. The number of fused-ring (bicyclic) bond motifs is 1. The molecule has 1 aromatic heterocycles. The van der Waals surface area contributed by atoms with Gasteiger partial charge in [0.25, 0.3) is 0 Å². The predicted molar refractivity (Wildman–Crippen MR) is 76.7 cm³/mol. The largest absolute Gasteiger partial charge is 0.253 e. The summed E-state index contributed by atoms with van der Waals surface area (Å²) in [7, 11) is 0. The lowest BCUT2D eigenvalue weighted by Gasteiger charge is -2.15. The van der Waals surface area contributed by atoms with Crippen molar-refractivity contribution in [2.24, 2.45) is 0 Å². The number of para-hydroxylation sites is 2. The monoisotopic (exact) mass is 242 g/mol. The van der Waals surface area contributed by atoms with Crippen LogP contribution in [0.2, 0.25) is 0 Å². The second kappa shape index (κ2) is 6.48. The second-order valence-corrected chi connectivity index (χ2v) is 4.91. The Hall–Kier alpha value is -1.44. The lowest BCUT2D eigenvalue weighted by molar-refractivity contribution is 0.530. The molecule has 0 aliphatic carbocycles. The molecule has 0 saturated heterocycles. The van der Waals surface area contributed by atoms with Gasteiger partial charge in [-0.2, -0.15) is 0 Å². The number of unbranched alkanes of at least 4 members (excludes halogenated alkanes) is 1. The molecule has 1 unspecified atom stereocenters. The highest BCUT2D eigenvalue weighted by Crippen LogP contribution is 2.26. The van der Waals surface area contributed by atoms with E-state index in [-0.39, 0.29) is 0 Å². The van der Waals surface area contributed by atoms with Crippen LogP contribution < -0.4 is 0 Å². The highest BCUT2D eigenvalue weighted by molar-refractivity contribution is 5.73. The Balaban J connectivity index is 2.25. The molecule has 0 bridgehead atoms. The number of aromatic nitrogens is 2. The van der Waals surface area contributed by atoms with Gasteiger partial charge in [-0.3, -0.25) is 4.98 Å². The van der Waals surface area contributed by atoms with Crippen molar-refractivity contribution in [2.75, 3.05) is 0 Å². The van der Waals surface area contributed by atoms with Gasteiger partial charge in [0, 0.05) is 12.1 Å². The van der Waals surface area contributed by atoms with Crippen LogP contribution >= 0.6 is 0 Å². The molecule has 96 valence electrons. The van der Waals surface area contributed by atoms with Crippen molar-refractivity contribution in [1.29, 1.82) is 0 Å². The first-order valence-electron chi connectivity index (χ1n) is 7.06. The fraction of sp³-hybridized carbons (Fsp3) is 0.500. The van der Waals surface area contributed by atoms with E-state index >= 15 is 0 Å². The number of nitrogens with zero attached hydrogens (tertiary/aromatic N) is 2. The van der Waals surface area contributed by atoms with Crippen molar-refractivity contribution in [3.63, 3.8) is 0 Å². The quantitative estimate of drug-likeness (QED) is 0.733. The molecule has 1 heterocycles. The first-order chi connectivity index (χ1) is 8.85. The summed E-state index contributed by atoms with van der Waals surface area (Å²) in [6, 6.07) is 8.11. The van der Waals surface area contributed by atoms with Gasteiger partial charge >= 0.3 is 0 Å². The third-order valence-electron chi connectivity index (χ3n) is 3.43. The van der Waals surface area contributed by atoms with Crippen LogP contribution in [0, 0.1) is 0 Å². The minimum Gasteiger partial charge on any atom is -0.253 e. The molecule has 0 N–H and O–H groups in total. The van der Waals surface area contributed by atoms with Crippen LogP contribution in [-0.4, -0.2) is 9.97 Å².